The summed E-state index contributed by atoms with van der Waals surface area (Å²) in [6.07, 6.45) is 2.26. The molecule has 11 heteroatoms. The van der Waals surface area contributed by atoms with Gasteiger partial charge in [0.25, 0.3) is 9.76 Å². The van der Waals surface area contributed by atoms with Crippen LogP contribution in [0.2, 0.25) is 0 Å². The second-order valence-electron chi connectivity index (χ2n) is 3.94. The SMILES string of the molecule is CC(=O)O.CCCCOCCO.CCOC(C)=O.O=C(O)C(Cl)(Cl)Cl. The van der Waals surface area contributed by atoms with Gasteiger partial charge in [-0.3, -0.25) is 9.59 Å². The summed E-state index contributed by atoms with van der Waals surface area (Å²) in [6, 6.07) is 0. The summed E-state index contributed by atoms with van der Waals surface area (Å²) in [6.45, 7) is 8.27. The van der Waals surface area contributed by atoms with Crippen molar-refractivity contribution in [2.75, 3.05) is 26.4 Å². The lowest BCUT2D eigenvalue weighted by molar-refractivity contribution is -0.140. The number of hydrogen-bond acceptors (Lipinski definition) is 6. The molecule has 8 nitrogen and oxygen atoms in total. The zero-order valence-corrected chi connectivity index (χ0v) is 17.0. The summed E-state index contributed by atoms with van der Waals surface area (Å²) in [5.41, 5.74) is 0. The largest absolute Gasteiger partial charge is 0.481 e. The fourth-order valence-electron chi connectivity index (χ4n) is 0.616. The van der Waals surface area contributed by atoms with E-state index in [1.54, 1.807) is 6.92 Å². The molecule has 0 saturated heterocycles. The Morgan fingerprint density at radius 1 is 1.00 bits per heavy atom. The molecule has 0 unspecified atom stereocenters. The maximum atomic E-state index is 9.82. The second kappa shape index (κ2) is 23.2. The number of alkyl halides is 3. The van der Waals surface area contributed by atoms with Crippen LogP contribution in [0.3, 0.4) is 0 Å². The summed E-state index contributed by atoms with van der Waals surface area (Å²) in [7, 11) is 0. The maximum absolute atomic E-state index is 9.82. The zero-order chi connectivity index (χ0) is 20.9. The van der Waals surface area contributed by atoms with E-state index in [1.807, 2.05) is 0 Å². The van der Waals surface area contributed by atoms with Gasteiger partial charge in [-0.15, -0.1) is 0 Å². The van der Waals surface area contributed by atoms with E-state index in [0.717, 1.165) is 26.4 Å². The van der Waals surface area contributed by atoms with Crippen molar-refractivity contribution >= 4 is 52.7 Å². The maximum Gasteiger partial charge on any atom is 0.356 e. The molecule has 0 aliphatic heterocycles. The molecule has 0 heterocycles. The lowest BCUT2D eigenvalue weighted by Crippen LogP contribution is -2.16. The minimum atomic E-state index is -2.17. The van der Waals surface area contributed by atoms with Crippen molar-refractivity contribution < 1.29 is 39.2 Å². The second-order valence-corrected chi connectivity index (χ2v) is 6.22. The molecule has 0 aromatic heterocycles. The van der Waals surface area contributed by atoms with E-state index in [1.165, 1.54) is 6.92 Å². The predicted octanol–water partition coefficient (Wildman–Crippen LogP) is 2.90. The molecule has 0 spiro atoms. The summed E-state index contributed by atoms with van der Waals surface area (Å²) >= 11 is 14.4. The molecule has 0 atom stereocenters. The standard InChI is InChI=1S/C6H14O2.C4H8O2.C2HCl3O2.C2H4O2/c1-2-3-5-8-6-4-7;1-3-6-4(2)5;3-2(4,5)1(6)7;1-2(3)4/h7H,2-6H2,1H3;3H2,1-2H3;(H,6,7);1H3,(H,3,4). The van der Waals surface area contributed by atoms with Crippen LogP contribution in [0.5, 0.6) is 0 Å². The molecule has 3 N–H and O–H groups in total. The number of carbonyl (C=O) groups is 3. The van der Waals surface area contributed by atoms with Crippen LogP contribution >= 0.6 is 34.8 Å². The van der Waals surface area contributed by atoms with Crippen molar-refractivity contribution in [1.82, 2.24) is 0 Å². The highest BCUT2D eigenvalue weighted by atomic mass is 35.6. The normalized spacial score (nSPS) is 9.12. The quantitative estimate of drug-likeness (QED) is 0.334. The Balaban J connectivity index is -0.000000121. The van der Waals surface area contributed by atoms with E-state index in [0.29, 0.717) is 13.2 Å². The third kappa shape index (κ3) is 59.8. The van der Waals surface area contributed by atoms with Crippen molar-refractivity contribution in [3.8, 4) is 0 Å². The van der Waals surface area contributed by atoms with Crippen molar-refractivity contribution in [2.45, 2.75) is 44.3 Å². The Morgan fingerprint density at radius 2 is 1.40 bits per heavy atom. The highest BCUT2D eigenvalue weighted by Crippen LogP contribution is 2.25. The van der Waals surface area contributed by atoms with E-state index in [-0.39, 0.29) is 12.6 Å². The van der Waals surface area contributed by atoms with Crippen LogP contribution in [0.25, 0.3) is 0 Å². The first-order chi connectivity index (χ1) is 11.4. The van der Waals surface area contributed by atoms with Crippen molar-refractivity contribution in [3.05, 3.63) is 0 Å². The fourth-order valence-corrected chi connectivity index (χ4v) is 0.616. The number of carbonyl (C=O) groups excluding carboxylic acids is 1. The van der Waals surface area contributed by atoms with Crippen LogP contribution in [0.15, 0.2) is 0 Å². The Hall–Kier alpha value is -0.800. The topological polar surface area (TPSA) is 130 Å². The fraction of sp³-hybridized carbons (Fsp3) is 0.786. The van der Waals surface area contributed by atoms with E-state index < -0.39 is 15.7 Å². The summed E-state index contributed by atoms with van der Waals surface area (Å²) in [5, 5.41) is 23.5. The Morgan fingerprint density at radius 3 is 1.56 bits per heavy atom. The van der Waals surface area contributed by atoms with Gasteiger partial charge in [-0.1, -0.05) is 48.1 Å². The summed E-state index contributed by atoms with van der Waals surface area (Å²) in [5.74, 6) is -2.50. The molecule has 0 fully saturated rings. The summed E-state index contributed by atoms with van der Waals surface area (Å²) < 4.78 is 7.21. The summed E-state index contributed by atoms with van der Waals surface area (Å²) in [4.78, 5) is 28.4. The molecule has 0 amide bonds. The van der Waals surface area contributed by atoms with Gasteiger partial charge in [-0.05, 0) is 13.3 Å². The molecule has 0 aliphatic rings. The van der Waals surface area contributed by atoms with Gasteiger partial charge in [-0.2, -0.15) is 0 Å². The lowest BCUT2D eigenvalue weighted by Gasteiger charge is -1.99. The van der Waals surface area contributed by atoms with Gasteiger partial charge in [-0.25, -0.2) is 4.79 Å². The average molecular weight is 430 g/mol. The third-order valence-electron chi connectivity index (χ3n) is 1.47. The van der Waals surface area contributed by atoms with Crippen LogP contribution in [0.4, 0.5) is 0 Å². The number of halogens is 3. The average Bonchev–Trinajstić information content (AvgIpc) is 2.43. The Kier molecular flexibility index (Phi) is 29.6. The van der Waals surface area contributed by atoms with Gasteiger partial charge >= 0.3 is 11.9 Å². The molecule has 0 bridgehead atoms. The van der Waals surface area contributed by atoms with Crippen molar-refractivity contribution in [2.24, 2.45) is 0 Å². The molecule has 25 heavy (non-hydrogen) atoms. The van der Waals surface area contributed by atoms with E-state index in [9.17, 15) is 9.59 Å². The first-order valence-corrected chi connectivity index (χ1v) is 8.31. The van der Waals surface area contributed by atoms with Gasteiger partial charge in [0.1, 0.15) is 0 Å². The van der Waals surface area contributed by atoms with Crippen LogP contribution in [-0.4, -0.2) is 63.4 Å². The van der Waals surface area contributed by atoms with Crippen LogP contribution in [0.1, 0.15) is 40.5 Å². The van der Waals surface area contributed by atoms with Crippen molar-refractivity contribution in [1.29, 1.82) is 0 Å². The number of aliphatic hydroxyl groups is 1. The smallest absolute Gasteiger partial charge is 0.356 e. The zero-order valence-electron chi connectivity index (χ0n) is 14.8. The van der Waals surface area contributed by atoms with E-state index in [2.05, 4.69) is 11.7 Å². The number of carboxylic acid groups (broad SMARTS) is 2. The molecule has 0 aromatic rings. The number of unbranched alkanes of at least 4 members (excludes halogenated alkanes) is 1. The van der Waals surface area contributed by atoms with Crippen LogP contribution in [0, 0.1) is 0 Å². The lowest BCUT2D eigenvalue weighted by atomic mass is 10.4. The molecule has 0 aromatic carbocycles. The number of aliphatic hydroxyl groups excluding tert-OH is 1. The molecule has 0 aliphatic carbocycles. The highest BCUT2D eigenvalue weighted by molar-refractivity contribution is 6.75. The third-order valence-corrected chi connectivity index (χ3v) is 1.95. The highest BCUT2D eigenvalue weighted by Gasteiger charge is 2.29. The molecule has 0 rings (SSSR count). The monoisotopic (exact) mass is 428 g/mol. The molecular weight excluding hydrogens is 403 g/mol. The van der Waals surface area contributed by atoms with Gasteiger partial charge in [0.15, 0.2) is 0 Å². The molecule has 152 valence electrons. The first-order valence-electron chi connectivity index (χ1n) is 7.18. The number of hydrogen-bond donors (Lipinski definition) is 3. The predicted molar refractivity (Wildman–Crippen MR) is 96.4 cm³/mol. The van der Waals surface area contributed by atoms with Crippen LogP contribution in [-0.2, 0) is 23.9 Å². The number of esters is 1. The van der Waals surface area contributed by atoms with Crippen molar-refractivity contribution in [3.63, 3.8) is 0 Å². The number of ether oxygens (including phenoxy) is 2. The molecular formula is C14H27Cl3O8. The Labute approximate surface area is 163 Å². The van der Waals surface area contributed by atoms with Gasteiger partial charge < -0.3 is 24.8 Å². The minimum absolute atomic E-state index is 0.143. The van der Waals surface area contributed by atoms with Gasteiger partial charge in [0.05, 0.1) is 19.8 Å². The van der Waals surface area contributed by atoms with E-state index in [4.69, 9.17) is 59.7 Å². The number of carboxylic acids is 2. The molecule has 0 radical (unpaired) electrons. The first kappa shape index (κ1) is 31.9. The van der Waals surface area contributed by atoms with Gasteiger partial charge in [0, 0.05) is 20.5 Å². The number of rotatable bonds is 6. The van der Waals surface area contributed by atoms with E-state index >= 15 is 0 Å². The van der Waals surface area contributed by atoms with Gasteiger partial charge in [0.2, 0.25) is 0 Å². The minimum Gasteiger partial charge on any atom is -0.481 e. The molecule has 0 saturated carbocycles. The van der Waals surface area contributed by atoms with Crippen LogP contribution < -0.4 is 0 Å². The Bertz CT molecular complexity index is 323. The number of aliphatic carboxylic acids is 2.